The summed E-state index contributed by atoms with van der Waals surface area (Å²) < 4.78 is 5.50. The first kappa shape index (κ1) is 13.7. The number of rotatable bonds is 6. The van der Waals surface area contributed by atoms with Crippen molar-refractivity contribution < 1.29 is 9.66 Å². The van der Waals surface area contributed by atoms with Crippen LogP contribution >= 0.6 is 0 Å². The van der Waals surface area contributed by atoms with Gasteiger partial charge in [0.15, 0.2) is 11.5 Å². The van der Waals surface area contributed by atoms with Crippen LogP contribution in [-0.2, 0) is 0 Å². The number of fused-ring (bicyclic) bond motifs is 1. The van der Waals surface area contributed by atoms with E-state index in [4.69, 9.17) is 4.74 Å². The molecule has 2 heterocycles. The van der Waals surface area contributed by atoms with Crippen LogP contribution in [0, 0.1) is 10.1 Å². The molecule has 22 heavy (non-hydrogen) atoms. The quantitative estimate of drug-likeness (QED) is 0.404. The Morgan fingerprint density at radius 3 is 2.82 bits per heavy atom. The van der Waals surface area contributed by atoms with Crippen LogP contribution in [0.3, 0.4) is 0 Å². The van der Waals surface area contributed by atoms with Gasteiger partial charge in [-0.1, -0.05) is 0 Å². The summed E-state index contributed by atoms with van der Waals surface area (Å²) in [6, 6.07) is 5.94. The van der Waals surface area contributed by atoms with Crippen molar-refractivity contribution in [3.05, 3.63) is 47.0 Å². The maximum atomic E-state index is 10.5. The highest BCUT2D eigenvalue weighted by molar-refractivity contribution is 5.81. The number of nitro benzene ring substituents is 1. The summed E-state index contributed by atoms with van der Waals surface area (Å²) in [7, 11) is 0. The molecule has 0 aliphatic carbocycles. The minimum Gasteiger partial charge on any atom is -0.492 e. The van der Waals surface area contributed by atoms with Crippen molar-refractivity contribution in [3.8, 4) is 5.75 Å². The second kappa shape index (κ2) is 6.04. The maximum Gasteiger partial charge on any atom is 0.269 e. The molecule has 0 unspecified atom stereocenters. The van der Waals surface area contributed by atoms with Gasteiger partial charge in [-0.25, -0.2) is 15.0 Å². The average Bonchev–Trinajstić information content (AvgIpc) is 3.01. The maximum absolute atomic E-state index is 10.5. The molecule has 0 aliphatic rings. The highest BCUT2D eigenvalue weighted by Crippen LogP contribution is 2.17. The van der Waals surface area contributed by atoms with Crippen LogP contribution in [0.15, 0.2) is 36.9 Å². The summed E-state index contributed by atoms with van der Waals surface area (Å²) in [5.74, 6) is 1.22. The van der Waals surface area contributed by atoms with Crippen molar-refractivity contribution in [3.63, 3.8) is 0 Å². The molecule has 0 radical (unpaired) electrons. The van der Waals surface area contributed by atoms with E-state index in [1.54, 1.807) is 18.5 Å². The molecule has 9 nitrogen and oxygen atoms in total. The van der Waals surface area contributed by atoms with E-state index >= 15 is 0 Å². The number of imidazole rings is 1. The molecule has 0 aliphatic heterocycles. The summed E-state index contributed by atoms with van der Waals surface area (Å²) in [6.45, 7) is 0.902. The number of H-pyrrole nitrogens is 1. The topological polar surface area (TPSA) is 119 Å². The van der Waals surface area contributed by atoms with E-state index in [1.807, 2.05) is 0 Å². The predicted molar refractivity (Wildman–Crippen MR) is 78.8 cm³/mol. The van der Waals surface area contributed by atoms with Crippen molar-refractivity contribution in [2.24, 2.45) is 0 Å². The van der Waals surface area contributed by atoms with Crippen LogP contribution in [0.25, 0.3) is 11.2 Å². The van der Waals surface area contributed by atoms with Crippen LogP contribution in [0.5, 0.6) is 5.75 Å². The van der Waals surface area contributed by atoms with Gasteiger partial charge in [-0.15, -0.1) is 0 Å². The van der Waals surface area contributed by atoms with Gasteiger partial charge in [0.25, 0.3) is 5.69 Å². The van der Waals surface area contributed by atoms with Crippen LogP contribution in [0.2, 0.25) is 0 Å². The third kappa shape index (κ3) is 2.92. The zero-order valence-electron chi connectivity index (χ0n) is 11.4. The zero-order valence-corrected chi connectivity index (χ0v) is 11.4. The lowest BCUT2D eigenvalue weighted by atomic mass is 10.3. The Morgan fingerprint density at radius 1 is 1.23 bits per heavy atom. The van der Waals surface area contributed by atoms with E-state index in [0.29, 0.717) is 30.4 Å². The van der Waals surface area contributed by atoms with Crippen LogP contribution in [0.1, 0.15) is 0 Å². The molecule has 112 valence electrons. The van der Waals surface area contributed by atoms with Gasteiger partial charge >= 0.3 is 0 Å². The molecule has 2 aromatic heterocycles. The Morgan fingerprint density at radius 2 is 2.05 bits per heavy atom. The highest BCUT2D eigenvalue weighted by atomic mass is 16.6. The molecule has 9 heteroatoms. The summed E-state index contributed by atoms with van der Waals surface area (Å²) >= 11 is 0. The fraction of sp³-hybridized carbons (Fsp3) is 0.154. The van der Waals surface area contributed by atoms with Gasteiger partial charge in [-0.2, -0.15) is 0 Å². The number of hydrogen-bond acceptors (Lipinski definition) is 7. The zero-order chi connectivity index (χ0) is 15.4. The van der Waals surface area contributed by atoms with E-state index in [-0.39, 0.29) is 5.69 Å². The van der Waals surface area contributed by atoms with E-state index in [2.05, 4.69) is 25.3 Å². The van der Waals surface area contributed by atoms with Crippen molar-refractivity contribution in [2.75, 3.05) is 18.5 Å². The third-order valence-electron chi connectivity index (χ3n) is 2.93. The SMILES string of the molecule is O=[N+]([O-])c1ccc(OCCNc2ncnc3nc[nH]c23)cc1. The minimum absolute atomic E-state index is 0.0353. The molecule has 0 saturated carbocycles. The first-order valence-electron chi connectivity index (χ1n) is 6.49. The standard InChI is InChI=1S/C13H12N6O3/c20-19(21)9-1-3-10(4-2-9)22-6-5-14-12-11-13(16-7-15-11)18-8-17-12/h1-4,7-8H,5-6H2,(H2,14,15,16,17,18). The van der Waals surface area contributed by atoms with Crippen molar-refractivity contribution in [1.82, 2.24) is 19.9 Å². The predicted octanol–water partition coefficient (Wildman–Crippen LogP) is 1.75. The van der Waals surface area contributed by atoms with Gasteiger partial charge in [0.2, 0.25) is 0 Å². The second-order valence-corrected chi connectivity index (χ2v) is 4.35. The molecular weight excluding hydrogens is 288 g/mol. The largest absolute Gasteiger partial charge is 0.492 e. The Bertz CT molecular complexity index is 786. The summed E-state index contributed by atoms with van der Waals surface area (Å²) in [6.07, 6.45) is 2.99. The number of aromatic amines is 1. The molecule has 3 rings (SSSR count). The highest BCUT2D eigenvalue weighted by Gasteiger charge is 2.06. The van der Waals surface area contributed by atoms with Gasteiger partial charge in [0.05, 0.1) is 17.8 Å². The first-order valence-corrected chi connectivity index (χ1v) is 6.49. The molecule has 0 amide bonds. The third-order valence-corrected chi connectivity index (χ3v) is 2.93. The van der Waals surface area contributed by atoms with Crippen LogP contribution in [0.4, 0.5) is 11.5 Å². The molecule has 0 fully saturated rings. The number of nitrogens with zero attached hydrogens (tertiary/aromatic N) is 4. The van der Waals surface area contributed by atoms with E-state index < -0.39 is 4.92 Å². The monoisotopic (exact) mass is 300 g/mol. The van der Waals surface area contributed by atoms with Crippen LogP contribution in [-0.4, -0.2) is 38.0 Å². The van der Waals surface area contributed by atoms with Crippen molar-refractivity contribution in [1.29, 1.82) is 0 Å². The van der Waals surface area contributed by atoms with Gasteiger partial charge in [-0.3, -0.25) is 10.1 Å². The molecule has 3 aromatic rings. The molecule has 2 N–H and O–H groups in total. The normalized spacial score (nSPS) is 10.5. The van der Waals surface area contributed by atoms with E-state index in [0.717, 1.165) is 5.52 Å². The van der Waals surface area contributed by atoms with Gasteiger partial charge < -0.3 is 15.0 Å². The fourth-order valence-corrected chi connectivity index (χ4v) is 1.90. The molecule has 0 bridgehead atoms. The minimum atomic E-state index is -0.448. The second-order valence-electron chi connectivity index (χ2n) is 4.35. The molecule has 0 saturated heterocycles. The lowest BCUT2D eigenvalue weighted by Crippen LogP contribution is -2.12. The summed E-state index contributed by atoms with van der Waals surface area (Å²) in [5, 5.41) is 13.7. The van der Waals surface area contributed by atoms with E-state index in [9.17, 15) is 10.1 Å². The first-order chi connectivity index (χ1) is 10.7. The van der Waals surface area contributed by atoms with Gasteiger partial charge in [-0.05, 0) is 12.1 Å². The molecule has 1 aromatic carbocycles. The molecule has 0 spiro atoms. The molecule has 0 atom stereocenters. The number of benzene rings is 1. The number of ether oxygens (including phenoxy) is 1. The number of nitro groups is 1. The van der Waals surface area contributed by atoms with E-state index in [1.165, 1.54) is 18.5 Å². The smallest absolute Gasteiger partial charge is 0.269 e. The van der Waals surface area contributed by atoms with Gasteiger partial charge in [0, 0.05) is 12.1 Å². The Hall–Kier alpha value is -3.23. The van der Waals surface area contributed by atoms with Crippen molar-refractivity contribution >= 4 is 22.7 Å². The number of anilines is 1. The summed E-state index contributed by atoms with van der Waals surface area (Å²) in [5.41, 5.74) is 1.36. The van der Waals surface area contributed by atoms with Crippen molar-refractivity contribution in [2.45, 2.75) is 0 Å². The number of hydrogen-bond donors (Lipinski definition) is 2. The van der Waals surface area contributed by atoms with Gasteiger partial charge in [0.1, 0.15) is 24.2 Å². The Kier molecular flexibility index (Phi) is 3.77. The number of nitrogens with one attached hydrogen (secondary N) is 2. The number of non-ortho nitro benzene ring substituents is 1. The van der Waals surface area contributed by atoms with Crippen LogP contribution < -0.4 is 10.1 Å². The molecular formula is C13H12N6O3. The Labute approximate surface area is 124 Å². The fourth-order valence-electron chi connectivity index (χ4n) is 1.90. The summed E-state index contributed by atoms with van der Waals surface area (Å²) in [4.78, 5) is 25.3. The Balaban J connectivity index is 1.53. The number of aromatic nitrogens is 4. The lowest BCUT2D eigenvalue weighted by molar-refractivity contribution is -0.384. The average molecular weight is 300 g/mol. The lowest BCUT2D eigenvalue weighted by Gasteiger charge is -2.08.